The standard InChI is InChI=1S/C16H21F2N3/c1-11(2)7-19-8-14-10-21(20-12(14)3)9-13-5-4-6-15(17)16(13)18/h4-6,10-11,19H,7-9H2,1-3H3. The molecule has 0 aliphatic rings. The summed E-state index contributed by atoms with van der Waals surface area (Å²) >= 11 is 0. The van der Waals surface area contributed by atoms with Gasteiger partial charge in [-0.05, 0) is 25.5 Å². The Morgan fingerprint density at radius 2 is 2.00 bits per heavy atom. The van der Waals surface area contributed by atoms with Gasteiger partial charge in [-0.3, -0.25) is 4.68 Å². The van der Waals surface area contributed by atoms with Crippen LogP contribution in [-0.4, -0.2) is 16.3 Å². The van der Waals surface area contributed by atoms with Crippen LogP contribution in [0.3, 0.4) is 0 Å². The van der Waals surface area contributed by atoms with Gasteiger partial charge in [-0.15, -0.1) is 0 Å². The molecule has 0 amide bonds. The molecule has 0 spiro atoms. The summed E-state index contributed by atoms with van der Waals surface area (Å²) < 4.78 is 28.5. The highest BCUT2D eigenvalue weighted by Gasteiger charge is 2.10. The molecule has 21 heavy (non-hydrogen) atoms. The van der Waals surface area contributed by atoms with Gasteiger partial charge in [0, 0.05) is 23.9 Å². The molecule has 1 aromatic heterocycles. The monoisotopic (exact) mass is 293 g/mol. The molecular weight excluding hydrogens is 272 g/mol. The molecule has 0 bridgehead atoms. The molecule has 2 rings (SSSR count). The average Bonchev–Trinajstić information content (AvgIpc) is 2.75. The first-order valence-corrected chi connectivity index (χ1v) is 7.14. The molecule has 0 unspecified atom stereocenters. The summed E-state index contributed by atoms with van der Waals surface area (Å²) in [6.07, 6.45) is 1.88. The van der Waals surface area contributed by atoms with Crippen molar-refractivity contribution in [1.29, 1.82) is 0 Å². The Labute approximate surface area is 124 Å². The molecule has 1 aromatic carbocycles. The molecule has 0 saturated carbocycles. The first kappa shape index (κ1) is 15.6. The zero-order chi connectivity index (χ0) is 15.4. The zero-order valence-electron chi connectivity index (χ0n) is 12.7. The van der Waals surface area contributed by atoms with Gasteiger partial charge in [0.15, 0.2) is 11.6 Å². The highest BCUT2D eigenvalue weighted by molar-refractivity contribution is 5.21. The molecule has 0 aliphatic heterocycles. The van der Waals surface area contributed by atoms with E-state index >= 15 is 0 Å². The fourth-order valence-electron chi connectivity index (χ4n) is 2.15. The second-order valence-corrected chi connectivity index (χ2v) is 5.68. The summed E-state index contributed by atoms with van der Waals surface area (Å²) in [5.41, 5.74) is 2.29. The van der Waals surface area contributed by atoms with Crippen LogP contribution in [0.5, 0.6) is 0 Å². The minimum absolute atomic E-state index is 0.231. The fourth-order valence-corrected chi connectivity index (χ4v) is 2.15. The van der Waals surface area contributed by atoms with Gasteiger partial charge in [0.25, 0.3) is 0 Å². The molecular formula is C16H21F2N3. The van der Waals surface area contributed by atoms with E-state index in [1.807, 2.05) is 13.1 Å². The molecule has 0 atom stereocenters. The van der Waals surface area contributed by atoms with Crippen LogP contribution >= 0.6 is 0 Å². The SMILES string of the molecule is Cc1nn(Cc2cccc(F)c2F)cc1CNCC(C)C. The van der Waals surface area contributed by atoms with Crippen LogP contribution in [-0.2, 0) is 13.1 Å². The minimum Gasteiger partial charge on any atom is -0.312 e. The van der Waals surface area contributed by atoms with Crippen LogP contribution in [0, 0.1) is 24.5 Å². The number of rotatable bonds is 6. The first-order valence-electron chi connectivity index (χ1n) is 7.14. The summed E-state index contributed by atoms with van der Waals surface area (Å²) in [6.45, 7) is 8.12. The van der Waals surface area contributed by atoms with Gasteiger partial charge in [0.2, 0.25) is 0 Å². The van der Waals surface area contributed by atoms with Crippen molar-refractivity contribution >= 4 is 0 Å². The van der Waals surface area contributed by atoms with Gasteiger partial charge >= 0.3 is 0 Å². The van der Waals surface area contributed by atoms with Gasteiger partial charge < -0.3 is 5.32 Å². The van der Waals surface area contributed by atoms with E-state index in [0.717, 1.165) is 30.4 Å². The molecule has 3 nitrogen and oxygen atoms in total. The summed E-state index contributed by atoms with van der Waals surface area (Å²) in [5.74, 6) is -1.04. The van der Waals surface area contributed by atoms with Crippen LogP contribution in [0.1, 0.15) is 30.7 Å². The lowest BCUT2D eigenvalue weighted by molar-refractivity contribution is 0.491. The third kappa shape index (κ3) is 4.11. The van der Waals surface area contributed by atoms with E-state index < -0.39 is 11.6 Å². The van der Waals surface area contributed by atoms with Crippen LogP contribution < -0.4 is 5.32 Å². The fraction of sp³-hybridized carbons (Fsp3) is 0.438. The predicted molar refractivity (Wildman–Crippen MR) is 79.0 cm³/mol. The maximum atomic E-state index is 13.7. The summed E-state index contributed by atoms with van der Waals surface area (Å²) in [7, 11) is 0. The lowest BCUT2D eigenvalue weighted by Crippen LogP contribution is -2.19. The van der Waals surface area contributed by atoms with E-state index in [1.54, 1.807) is 10.7 Å². The van der Waals surface area contributed by atoms with Crippen LogP contribution in [0.2, 0.25) is 0 Å². The number of hydrogen-bond acceptors (Lipinski definition) is 2. The second kappa shape index (κ2) is 6.80. The number of nitrogens with zero attached hydrogens (tertiary/aromatic N) is 2. The number of aromatic nitrogens is 2. The minimum atomic E-state index is -0.824. The quantitative estimate of drug-likeness (QED) is 0.886. The molecule has 0 fully saturated rings. The van der Waals surface area contributed by atoms with Crippen molar-refractivity contribution in [3.05, 3.63) is 52.9 Å². The van der Waals surface area contributed by atoms with Gasteiger partial charge in [-0.1, -0.05) is 26.0 Å². The maximum Gasteiger partial charge on any atom is 0.163 e. The number of nitrogens with one attached hydrogen (secondary N) is 1. The third-order valence-electron chi connectivity index (χ3n) is 3.28. The maximum absolute atomic E-state index is 13.7. The smallest absolute Gasteiger partial charge is 0.163 e. The van der Waals surface area contributed by atoms with Crippen molar-refractivity contribution in [2.24, 2.45) is 5.92 Å². The van der Waals surface area contributed by atoms with Crippen molar-refractivity contribution in [2.45, 2.75) is 33.9 Å². The molecule has 1 heterocycles. The number of aryl methyl sites for hydroxylation is 1. The van der Waals surface area contributed by atoms with E-state index in [2.05, 4.69) is 24.3 Å². The van der Waals surface area contributed by atoms with Crippen LogP contribution in [0.25, 0.3) is 0 Å². The van der Waals surface area contributed by atoms with Crippen molar-refractivity contribution < 1.29 is 8.78 Å². The van der Waals surface area contributed by atoms with Crippen molar-refractivity contribution in [2.75, 3.05) is 6.54 Å². The molecule has 1 N–H and O–H groups in total. The van der Waals surface area contributed by atoms with Crippen molar-refractivity contribution in [3.63, 3.8) is 0 Å². The Kier molecular flexibility index (Phi) is 5.07. The number of halogens is 2. The molecule has 5 heteroatoms. The summed E-state index contributed by atoms with van der Waals surface area (Å²) in [4.78, 5) is 0. The van der Waals surface area contributed by atoms with E-state index in [-0.39, 0.29) is 6.54 Å². The Balaban J connectivity index is 2.06. The van der Waals surface area contributed by atoms with Crippen molar-refractivity contribution in [1.82, 2.24) is 15.1 Å². The summed E-state index contributed by atoms with van der Waals surface area (Å²) in [5, 5.41) is 7.71. The number of hydrogen-bond donors (Lipinski definition) is 1. The third-order valence-corrected chi connectivity index (χ3v) is 3.28. The Morgan fingerprint density at radius 3 is 2.71 bits per heavy atom. The number of benzene rings is 1. The first-order chi connectivity index (χ1) is 9.97. The Morgan fingerprint density at radius 1 is 1.24 bits per heavy atom. The second-order valence-electron chi connectivity index (χ2n) is 5.68. The van der Waals surface area contributed by atoms with Gasteiger partial charge in [0.05, 0.1) is 12.2 Å². The van der Waals surface area contributed by atoms with Crippen molar-refractivity contribution in [3.8, 4) is 0 Å². The largest absolute Gasteiger partial charge is 0.312 e. The molecule has 0 saturated heterocycles. The van der Waals surface area contributed by atoms with E-state index in [1.165, 1.54) is 6.07 Å². The van der Waals surface area contributed by atoms with Crippen LogP contribution in [0.4, 0.5) is 8.78 Å². The Bertz CT molecular complexity index is 606. The van der Waals surface area contributed by atoms with E-state index in [0.29, 0.717) is 11.5 Å². The van der Waals surface area contributed by atoms with E-state index in [4.69, 9.17) is 0 Å². The van der Waals surface area contributed by atoms with Crippen LogP contribution in [0.15, 0.2) is 24.4 Å². The Hall–Kier alpha value is -1.75. The van der Waals surface area contributed by atoms with Gasteiger partial charge in [0.1, 0.15) is 0 Å². The van der Waals surface area contributed by atoms with Gasteiger partial charge in [-0.2, -0.15) is 5.10 Å². The summed E-state index contributed by atoms with van der Waals surface area (Å²) in [6, 6.07) is 4.20. The molecule has 114 valence electrons. The molecule has 0 radical (unpaired) electrons. The van der Waals surface area contributed by atoms with E-state index in [9.17, 15) is 8.78 Å². The molecule has 0 aliphatic carbocycles. The lowest BCUT2D eigenvalue weighted by Gasteiger charge is -2.06. The normalized spacial score (nSPS) is 11.3. The average molecular weight is 293 g/mol. The predicted octanol–water partition coefficient (Wildman–Crippen LogP) is 3.26. The highest BCUT2D eigenvalue weighted by Crippen LogP contribution is 2.14. The lowest BCUT2D eigenvalue weighted by atomic mass is 10.2. The topological polar surface area (TPSA) is 29.9 Å². The zero-order valence-corrected chi connectivity index (χ0v) is 12.7. The highest BCUT2D eigenvalue weighted by atomic mass is 19.2. The molecule has 2 aromatic rings. The van der Waals surface area contributed by atoms with Gasteiger partial charge in [-0.25, -0.2) is 8.78 Å².